The van der Waals surface area contributed by atoms with E-state index < -0.39 is 5.82 Å². The first-order valence-electron chi connectivity index (χ1n) is 5.77. The monoisotopic (exact) mass is 263 g/mol. The van der Waals surface area contributed by atoms with Crippen molar-refractivity contribution in [3.63, 3.8) is 0 Å². The summed E-state index contributed by atoms with van der Waals surface area (Å²) in [6.45, 7) is 3.71. The smallest absolute Gasteiger partial charge is 0.249 e. The van der Waals surface area contributed by atoms with Crippen LogP contribution in [0.15, 0.2) is 30.6 Å². The lowest BCUT2D eigenvalue weighted by atomic mass is 10.3. The molecule has 100 valence electrons. The highest BCUT2D eigenvalue weighted by Crippen LogP contribution is 2.31. The van der Waals surface area contributed by atoms with Gasteiger partial charge in [-0.25, -0.2) is 4.39 Å². The Morgan fingerprint density at radius 2 is 1.95 bits per heavy atom. The maximum Gasteiger partial charge on any atom is 0.249 e. The van der Waals surface area contributed by atoms with Crippen LogP contribution >= 0.6 is 0 Å². The zero-order valence-electron chi connectivity index (χ0n) is 10.6. The lowest BCUT2D eigenvalue weighted by molar-refractivity contribution is 0.232. The van der Waals surface area contributed by atoms with E-state index in [1.54, 1.807) is 6.07 Å². The third-order valence-corrected chi connectivity index (χ3v) is 2.17. The molecule has 0 aliphatic heterocycles. The van der Waals surface area contributed by atoms with Crippen LogP contribution in [0, 0.1) is 5.82 Å². The molecular weight excluding hydrogens is 249 g/mol. The van der Waals surface area contributed by atoms with Crippen molar-refractivity contribution in [2.75, 3.05) is 5.73 Å². The molecule has 0 aliphatic carbocycles. The summed E-state index contributed by atoms with van der Waals surface area (Å²) >= 11 is 0. The average molecular weight is 263 g/mol. The van der Waals surface area contributed by atoms with Gasteiger partial charge in [0.25, 0.3) is 0 Å². The Hall–Kier alpha value is -2.37. The van der Waals surface area contributed by atoms with Gasteiger partial charge in [0.2, 0.25) is 11.8 Å². The molecule has 1 aromatic heterocycles. The first-order chi connectivity index (χ1) is 9.06. The van der Waals surface area contributed by atoms with Gasteiger partial charge in [-0.15, -0.1) is 0 Å². The van der Waals surface area contributed by atoms with Gasteiger partial charge in [0.05, 0.1) is 6.10 Å². The molecule has 0 radical (unpaired) electrons. The number of rotatable bonds is 4. The Morgan fingerprint density at radius 1 is 1.21 bits per heavy atom. The van der Waals surface area contributed by atoms with Crippen molar-refractivity contribution in [1.29, 1.82) is 0 Å². The Morgan fingerprint density at radius 3 is 2.63 bits per heavy atom. The summed E-state index contributed by atoms with van der Waals surface area (Å²) in [6.07, 6.45) is 1.21. The number of halogens is 1. The molecule has 0 bridgehead atoms. The summed E-state index contributed by atoms with van der Waals surface area (Å²) in [6, 6.07) is 5.70. The van der Waals surface area contributed by atoms with E-state index in [1.807, 2.05) is 13.8 Å². The topological polar surface area (TPSA) is 70.3 Å². The van der Waals surface area contributed by atoms with Crippen LogP contribution in [0.3, 0.4) is 0 Å². The van der Waals surface area contributed by atoms with E-state index >= 15 is 0 Å². The standard InChI is InChI=1S/C13H14FN3O2/c1-8(2)18-12-11(15)13(17-7-16-12)19-10-5-3-4-9(14)6-10/h3-8H,15H2,1-2H3. The SMILES string of the molecule is CC(C)Oc1ncnc(Oc2cccc(F)c2)c1N. The van der Waals surface area contributed by atoms with Gasteiger partial charge in [0.1, 0.15) is 17.9 Å². The molecule has 1 aromatic carbocycles. The van der Waals surface area contributed by atoms with E-state index in [-0.39, 0.29) is 23.6 Å². The Kier molecular flexibility index (Phi) is 3.79. The van der Waals surface area contributed by atoms with E-state index in [0.717, 1.165) is 0 Å². The van der Waals surface area contributed by atoms with Gasteiger partial charge in [-0.3, -0.25) is 0 Å². The molecule has 19 heavy (non-hydrogen) atoms. The van der Waals surface area contributed by atoms with E-state index in [1.165, 1.54) is 24.5 Å². The number of ether oxygens (including phenoxy) is 2. The normalized spacial score (nSPS) is 10.5. The van der Waals surface area contributed by atoms with Crippen LogP contribution < -0.4 is 15.2 Å². The summed E-state index contributed by atoms with van der Waals surface area (Å²) in [5.41, 5.74) is 6.03. The Bertz CT molecular complexity index is 576. The first kappa shape index (κ1) is 13.1. The number of nitrogens with two attached hydrogens (primary N) is 1. The fraction of sp³-hybridized carbons (Fsp3) is 0.231. The predicted molar refractivity (Wildman–Crippen MR) is 68.7 cm³/mol. The second-order valence-corrected chi connectivity index (χ2v) is 4.12. The van der Waals surface area contributed by atoms with Gasteiger partial charge < -0.3 is 15.2 Å². The maximum absolute atomic E-state index is 13.1. The van der Waals surface area contributed by atoms with Gasteiger partial charge in [-0.05, 0) is 26.0 Å². The number of hydrogen-bond donors (Lipinski definition) is 1. The number of nitrogen functional groups attached to an aromatic ring is 1. The zero-order chi connectivity index (χ0) is 13.8. The number of aromatic nitrogens is 2. The second kappa shape index (κ2) is 5.51. The van der Waals surface area contributed by atoms with Crippen molar-refractivity contribution in [2.24, 2.45) is 0 Å². The van der Waals surface area contributed by atoms with Crippen LogP contribution in [0.1, 0.15) is 13.8 Å². The molecule has 0 aliphatic rings. The molecule has 0 atom stereocenters. The van der Waals surface area contributed by atoms with Crippen LogP contribution in [0.25, 0.3) is 0 Å². The Balaban J connectivity index is 2.25. The zero-order valence-corrected chi connectivity index (χ0v) is 10.6. The molecule has 0 saturated carbocycles. The molecule has 2 rings (SSSR count). The van der Waals surface area contributed by atoms with Gasteiger partial charge in [0.15, 0.2) is 5.69 Å². The summed E-state index contributed by atoms with van der Waals surface area (Å²) < 4.78 is 23.9. The molecule has 2 aromatic rings. The third-order valence-electron chi connectivity index (χ3n) is 2.17. The first-order valence-corrected chi connectivity index (χ1v) is 5.77. The molecule has 0 spiro atoms. The molecule has 5 nitrogen and oxygen atoms in total. The van der Waals surface area contributed by atoms with Crippen LogP contribution in [0.5, 0.6) is 17.5 Å². The van der Waals surface area contributed by atoms with Gasteiger partial charge >= 0.3 is 0 Å². The minimum Gasteiger partial charge on any atom is -0.473 e. The van der Waals surface area contributed by atoms with Crippen molar-refractivity contribution in [1.82, 2.24) is 9.97 Å². The highest BCUT2D eigenvalue weighted by Gasteiger charge is 2.12. The minimum atomic E-state index is -0.399. The highest BCUT2D eigenvalue weighted by atomic mass is 19.1. The molecule has 0 fully saturated rings. The number of benzene rings is 1. The fourth-order valence-electron chi connectivity index (χ4n) is 1.40. The molecule has 1 heterocycles. The lowest BCUT2D eigenvalue weighted by Gasteiger charge is -2.12. The molecular formula is C13H14FN3O2. The van der Waals surface area contributed by atoms with Crippen molar-refractivity contribution in [3.05, 3.63) is 36.4 Å². The fourth-order valence-corrected chi connectivity index (χ4v) is 1.40. The summed E-state index contributed by atoms with van der Waals surface area (Å²) in [4.78, 5) is 7.84. The average Bonchev–Trinajstić information content (AvgIpc) is 2.34. The quantitative estimate of drug-likeness (QED) is 0.918. The van der Waals surface area contributed by atoms with E-state index in [4.69, 9.17) is 15.2 Å². The molecule has 0 amide bonds. The number of nitrogens with zero attached hydrogens (tertiary/aromatic N) is 2. The molecule has 0 unspecified atom stereocenters. The van der Waals surface area contributed by atoms with Crippen LogP contribution in [-0.2, 0) is 0 Å². The lowest BCUT2D eigenvalue weighted by Crippen LogP contribution is -2.10. The number of hydrogen-bond acceptors (Lipinski definition) is 5. The minimum absolute atomic E-state index is 0.0702. The second-order valence-electron chi connectivity index (χ2n) is 4.12. The van der Waals surface area contributed by atoms with E-state index in [2.05, 4.69) is 9.97 Å². The molecule has 6 heteroatoms. The van der Waals surface area contributed by atoms with Crippen molar-refractivity contribution < 1.29 is 13.9 Å². The maximum atomic E-state index is 13.1. The Labute approximate surface area is 110 Å². The predicted octanol–water partition coefficient (Wildman–Crippen LogP) is 2.78. The highest BCUT2D eigenvalue weighted by molar-refractivity contribution is 5.56. The summed E-state index contributed by atoms with van der Waals surface area (Å²) in [5.74, 6) is 0.289. The third kappa shape index (κ3) is 3.31. The van der Waals surface area contributed by atoms with Crippen molar-refractivity contribution >= 4 is 5.69 Å². The van der Waals surface area contributed by atoms with Gasteiger partial charge in [-0.2, -0.15) is 9.97 Å². The van der Waals surface area contributed by atoms with Crippen molar-refractivity contribution in [3.8, 4) is 17.5 Å². The molecule has 0 saturated heterocycles. The van der Waals surface area contributed by atoms with E-state index in [0.29, 0.717) is 5.75 Å². The summed E-state index contributed by atoms with van der Waals surface area (Å²) in [5, 5.41) is 0. The van der Waals surface area contributed by atoms with Gasteiger partial charge in [0, 0.05) is 6.07 Å². The van der Waals surface area contributed by atoms with Crippen molar-refractivity contribution in [2.45, 2.75) is 20.0 Å². The molecule has 2 N–H and O–H groups in total. The largest absolute Gasteiger partial charge is 0.473 e. The van der Waals surface area contributed by atoms with Crippen LogP contribution in [-0.4, -0.2) is 16.1 Å². The van der Waals surface area contributed by atoms with Crippen LogP contribution in [0.2, 0.25) is 0 Å². The number of anilines is 1. The summed E-state index contributed by atoms with van der Waals surface area (Å²) in [7, 11) is 0. The van der Waals surface area contributed by atoms with Gasteiger partial charge in [-0.1, -0.05) is 6.07 Å². The van der Waals surface area contributed by atoms with E-state index in [9.17, 15) is 4.39 Å². The van der Waals surface area contributed by atoms with Crippen LogP contribution in [0.4, 0.5) is 10.1 Å².